The highest BCUT2D eigenvalue weighted by Gasteiger charge is 2.43. The van der Waals surface area contributed by atoms with Crippen LogP contribution in [0, 0.1) is 11.8 Å². The van der Waals surface area contributed by atoms with Crippen molar-refractivity contribution in [1.82, 2.24) is 20.0 Å². The minimum atomic E-state index is -0.304. The molecule has 4 amide bonds. The Bertz CT molecular complexity index is 886. The summed E-state index contributed by atoms with van der Waals surface area (Å²) in [7, 11) is 5.96. The molecule has 9 nitrogen and oxygen atoms in total. The van der Waals surface area contributed by atoms with E-state index in [0.717, 1.165) is 42.8 Å². The van der Waals surface area contributed by atoms with E-state index in [0.29, 0.717) is 31.4 Å². The second-order valence-electron chi connectivity index (χ2n) is 9.56. The number of carbonyl (C=O) groups excluding carboxylic acids is 3. The number of amides is 4. The standard InChI is InChI=1S/C23H38N6O3S/c1-6-8-29(23(32)25-7-9-27(3)4)22(31)16-10-15-11-17-19(12-18(15)28(5)13-16)33-21(20(17)24)26-14(2)30/h15-16,18H,6-13,24H2,1-5H3,(H,25,32)(H,26,30)/t15-,16-,18-/m1/s1. The summed E-state index contributed by atoms with van der Waals surface area (Å²) < 4.78 is 0. The molecule has 184 valence electrons. The monoisotopic (exact) mass is 478 g/mol. The van der Waals surface area contributed by atoms with Crippen LogP contribution in [0.3, 0.4) is 0 Å². The summed E-state index contributed by atoms with van der Waals surface area (Å²) in [6.45, 7) is 5.75. The maximum atomic E-state index is 13.4. The van der Waals surface area contributed by atoms with Crippen molar-refractivity contribution >= 4 is 39.9 Å². The first kappa shape index (κ1) is 25.5. The Hall–Kier alpha value is -2.17. The van der Waals surface area contributed by atoms with Crippen molar-refractivity contribution in [3.8, 4) is 0 Å². The number of hydrogen-bond acceptors (Lipinski definition) is 7. The van der Waals surface area contributed by atoms with Gasteiger partial charge in [-0.25, -0.2) is 4.79 Å². The molecule has 1 fully saturated rings. The van der Waals surface area contributed by atoms with E-state index in [4.69, 9.17) is 5.73 Å². The predicted octanol–water partition coefficient (Wildman–Crippen LogP) is 1.83. The van der Waals surface area contributed by atoms with Gasteiger partial charge in [0.25, 0.3) is 0 Å². The van der Waals surface area contributed by atoms with Crippen molar-refractivity contribution in [1.29, 1.82) is 0 Å². The van der Waals surface area contributed by atoms with E-state index in [-0.39, 0.29) is 29.7 Å². The Balaban J connectivity index is 1.72. The van der Waals surface area contributed by atoms with Crippen molar-refractivity contribution in [2.75, 3.05) is 58.4 Å². The van der Waals surface area contributed by atoms with Crippen LogP contribution in [-0.4, -0.2) is 85.9 Å². The summed E-state index contributed by atoms with van der Waals surface area (Å²) in [6, 6.07) is 0.0276. The van der Waals surface area contributed by atoms with Crippen LogP contribution < -0.4 is 16.4 Å². The van der Waals surface area contributed by atoms with Gasteiger partial charge in [0.05, 0.1) is 11.6 Å². The third-order valence-electron chi connectivity index (χ3n) is 6.63. The quantitative estimate of drug-likeness (QED) is 0.551. The molecule has 3 rings (SSSR count). The molecule has 1 aromatic rings. The van der Waals surface area contributed by atoms with Gasteiger partial charge in [0.1, 0.15) is 5.00 Å². The minimum Gasteiger partial charge on any atom is -0.396 e. The van der Waals surface area contributed by atoms with Crippen LogP contribution in [0.4, 0.5) is 15.5 Å². The molecule has 1 saturated heterocycles. The van der Waals surface area contributed by atoms with Crippen LogP contribution in [0.2, 0.25) is 0 Å². The Morgan fingerprint density at radius 2 is 1.94 bits per heavy atom. The van der Waals surface area contributed by atoms with E-state index < -0.39 is 0 Å². The molecule has 0 spiro atoms. The number of nitrogens with zero attached hydrogens (tertiary/aromatic N) is 3. The smallest absolute Gasteiger partial charge is 0.324 e. The van der Waals surface area contributed by atoms with Gasteiger partial charge in [0, 0.05) is 44.0 Å². The molecular formula is C23H38N6O3S. The number of fused-ring (bicyclic) bond motifs is 2. The van der Waals surface area contributed by atoms with Crippen molar-refractivity contribution in [2.45, 2.75) is 45.6 Å². The topological polar surface area (TPSA) is 111 Å². The highest BCUT2D eigenvalue weighted by molar-refractivity contribution is 7.17. The molecule has 10 heteroatoms. The second-order valence-corrected chi connectivity index (χ2v) is 10.7. The Kier molecular flexibility index (Phi) is 8.36. The van der Waals surface area contributed by atoms with Crippen LogP contribution in [0.5, 0.6) is 0 Å². The molecule has 1 aliphatic carbocycles. The molecule has 0 bridgehead atoms. The van der Waals surface area contributed by atoms with Crippen molar-refractivity contribution in [3.63, 3.8) is 0 Å². The first-order valence-electron chi connectivity index (χ1n) is 11.7. The van der Waals surface area contributed by atoms with Gasteiger partial charge in [-0.3, -0.25) is 14.5 Å². The number of nitrogens with two attached hydrogens (primary N) is 1. The van der Waals surface area contributed by atoms with E-state index in [2.05, 4.69) is 22.6 Å². The third kappa shape index (κ3) is 5.85. The van der Waals surface area contributed by atoms with Gasteiger partial charge in [-0.15, -0.1) is 11.3 Å². The number of likely N-dealkylation sites (tertiary alicyclic amines) is 1. The van der Waals surface area contributed by atoms with Gasteiger partial charge < -0.3 is 26.2 Å². The number of carbonyl (C=O) groups is 3. The Morgan fingerprint density at radius 3 is 2.58 bits per heavy atom. The molecule has 3 atom stereocenters. The molecule has 1 aliphatic heterocycles. The average Bonchev–Trinajstić information content (AvgIpc) is 3.03. The summed E-state index contributed by atoms with van der Waals surface area (Å²) in [6.07, 6.45) is 3.12. The lowest BCUT2D eigenvalue weighted by molar-refractivity contribution is -0.136. The highest BCUT2D eigenvalue weighted by Crippen LogP contribution is 2.45. The lowest BCUT2D eigenvalue weighted by Crippen LogP contribution is -2.55. The maximum absolute atomic E-state index is 13.4. The number of piperidine rings is 1. The van der Waals surface area contributed by atoms with Gasteiger partial charge in [0.15, 0.2) is 0 Å². The van der Waals surface area contributed by atoms with E-state index in [9.17, 15) is 14.4 Å². The lowest BCUT2D eigenvalue weighted by Gasteiger charge is -2.45. The SMILES string of the molecule is CCCN(C(=O)NCCN(C)C)C(=O)[C@@H]1C[C@@H]2Cc3c(sc(NC(C)=O)c3N)C[C@H]2N(C)C1. The first-order valence-corrected chi connectivity index (χ1v) is 12.6. The van der Waals surface area contributed by atoms with Gasteiger partial charge in [-0.1, -0.05) is 6.92 Å². The second kappa shape index (κ2) is 10.8. The molecule has 0 saturated carbocycles. The fourth-order valence-corrected chi connectivity index (χ4v) is 6.26. The van der Waals surface area contributed by atoms with Crippen LogP contribution >= 0.6 is 11.3 Å². The largest absolute Gasteiger partial charge is 0.396 e. The normalized spacial score (nSPS) is 22.4. The number of rotatable bonds is 7. The summed E-state index contributed by atoms with van der Waals surface area (Å²) in [5.41, 5.74) is 8.14. The minimum absolute atomic E-state index is 0.0903. The zero-order chi connectivity index (χ0) is 24.3. The van der Waals surface area contributed by atoms with Gasteiger partial charge in [0.2, 0.25) is 11.8 Å². The predicted molar refractivity (Wildman–Crippen MR) is 132 cm³/mol. The molecule has 2 heterocycles. The van der Waals surface area contributed by atoms with Gasteiger partial charge in [-0.2, -0.15) is 0 Å². The number of imide groups is 1. The van der Waals surface area contributed by atoms with E-state index in [1.54, 1.807) is 11.3 Å². The van der Waals surface area contributed by atoms with Crippen LogP contribution in [-0.2, 0) is 22.4 Å². The number of hydrogen-bond donors (Lipinski definition) is 3. The average molecular weight is 479 g/mol. The number of nitrogen functional groups attached to an aromatic ring is 1. The van der Waals surface area contributed by atoms with Crippen molar-refractivity contribution in [3.05, 3.63) is 10.4 Å². The summed E-state index contributed by atoms with van der Waals surface area (Å²) in [5.74, 6) is -0.154. The zero-order valence-corrected chi connectivity index (χ0v) is 21.3. The maximum Gasteiger partial charge on any atom is 0.324 e. The Morgan fingerprint density at radius 1 is 1.21 bits per heavy atom. The van der Waals surface area contributed by atoms with Crippen molar-refractivity contribution < 1.29 is 14.4 Å². The van der Waals surface area contributed by atoms with Crippen LogP contribution in [0.15, 0.2) is 0 Å². The molecule has 0 unspecified atom stereocenters. The molecule has 1 aromatic heterocycles. The van der Waals surface area contributed by atoms with Gasteiger partial charge >= 0.3 is 6.03 Å². The lowest BCUT2D eigenvalue weighted by atomic mass is 9.74. The zero-order valence-electron chi connectivity index (χ0n) is 20.4. The third-order valence-corrected chi connectivity index (χ3v) is 7.82. The van der Waals surface area contributed by atoms with E-state index in [1.165, 1.54) is 16.7 Å². The fraction of sp³-hybridized carbons (Fsp3) is 0.696. The molecular weight excluding hydrogens is 440 g/mol. The molecule has 2 aliphatic rings. The number of thiophene rings is 1. The molecule has 0 aromatic carbocycles. The molecule has 4 N–H and O–H groups in total. The van der Waals surface area contributed by atoms with E-state index in [1.807, 2.05) is 25.9 Å². The van der Waals surface area contributed by atoms with Crippen molar-refractivity contribution in [2.24, 2.45) is 11.8 Å². The van der Waals surface area contributed by atoms with Gasteiger partial charge in [-0.05, 0) is 58.3 Å². The summed E-state index contributed by atoms with van der Waals surface area (Å²) in [5, 5.41) is 6.46. The van der Waals surface area contributed by atoms with Crippen LogP contribution in [0.1, 0.15) is 37.1 Å². The Labute approximate surface area is 200 Å². The number of anilines is 2. The van der Waals surface area contributed by atoms with Crippen LogP contribution in [0.25, 0.3) is 0 Å². The highest BCUT2D eigenvalue weighted by atomic mass is 32.1. The first-order chi connectivity index (χ1) is 15.6. The number of likely N-dealkylation sites (N-methyl/N-ethyl adjacent to an activating group) is 2. The summed E-state index contributed by atoms with van der Waals surface area (Å²) >= 11 is 1.56. The molecule has 0 radical (unpaired) electrons. The summed E-state index contributed by atoms with van der Waals surface area (Å²) in [4.78, 5) is 44.6. The van der Waals surface area contributed by atoms with E-state index >= 15 is 0 Å². The fourth-order valence-electron chi connectivity index (χ4n) is 5.02. The number of urea groups is 1. The number of nitrogens with one attached hydrogen (secondary N) is 2. The molecule has 33 heavy (non-hydrogen) atoms.